The number of hydrogen-bond acceptors (Lipinski definition) is 7. The summed E-state index contributed by atoms with van der Waals surface area (Å²) < 4.78 is 40.7. The molecule has 4 rings (SSSR count). The monoisotopic (exact) mass is 443 g/mol. The number of ketones is 2. The van der Waals surface area contributed by atoms with E-state index in [1.54, 1.807) is 12.4 Å². The molecule has 0 aliphatic rings. The predicted octanol–water partition coefficient (Wildman–Crippen LogP) is 3.79. The van der Waals surface area contributed by atoms with E-state index in [1.165, 1.54) is 29.8 Å². The zero-order chi connectivity index (χ0) is 22.0. The third-order valence-electron chi connectivity index (χ3n) is 4.29. The summed E-state index contributed by atoms with van der Waals surface area (Å²) in [4.78, 5) is 35.6. The van der Waals surface area contributed by atoms with Crippen molar-refractivity contribution in [3.63, 3.8) is 0 Å². The Morgan fingerprint density at radius 2 is 1.81 bits per heavy atom. The second kappa shape index (κ2) is 8.56. The van der Waals surface area contributed by atoms with Crippen LogP contribution >= 0.6 is 11.3 Å². The van der Waals surface area contributed by atoms with Gasteiger partial charge in [-0.1, -0.05) is 11.3 Å². The first-order chi connectivity index (χ1) is 14.9. The molecule has 0 atom stereocenters. The van der Waals surface area contributed by atoms with Crippen LogP contribution in [0.1, 0.15) is 37.8 Å². The fraction of sp³-hybridized carbons (Fsp3) is 0.100. The summed E-state index contributed by atoms with van der Waals surface area (Å²) in [7, 11) is 0. The molecule has 0 saturated heterocycles. The summed E-state index contributed by atoms with van der Waals surface area (Å²) in [6.07, 6.45) is 6.18. The lowest BCUT2D eigenvalue weighted by Gasteiger charge is -2.02. The van der Waals surface area contributed by atoms with Gasteiger partial charge in [-0.2, -0.15) is 0 Å². The molecule has 0 saturated carbocycles. The molecular formula is C20H12F3N5O2S. The summed E-state index contributed by atoms with van der Waals surface area (Å²) in [5, 5.41) is 9.25. The van der Waals surface area contributed by atoms with Crippen LogP contribution < -0.4 is 0 Å². The summed E-state index contributed by atoms with van der Waals surface area (Å²) in [6, 6.07) is 2.05. The van der Waals surface area contributed by atoms with Crippen LogP contribution in [0, 0.1) is 17.5 Å². The van der Waals surface area contributed by atoms with Gasteiger partial charge in [0, 0.05) is 49.1 Å². The van der Waals surface area contributed by atoms with Crippen LogP contribution in [0.2, 0.25) is 0 Å². The molecule has 156 valence electrons. The van der Waals surface area contributed by atoms with Crippen molar-refractivity contribution in [1.29, 1.82) is 0 Å². The number of rotatable bonds is 7. The lowest BCUT2D eigenvalue weighted by molar-refractivity contribution is 0.0978. The van der Waals surface area contributed by atoms with E-state index in [1.807, 2.05) is 0 Å². The van der Waals surface area contributed by atoms with Gasteiger partial charge in [0.15, 0.2) is 16.6 Å². The summed E-state index contributed by atoms with van der Waals surface area (Å²) in [6.45, 7) is 0. The van der Waals surface area contributed by atoms with Crippen LogP contribution in [0.5, 0.6) is 0 Å². The minimum absolute atomic E-state index is 0.0719. The van der Waals surface area contributed by atoms with Crippen molar-refractivity contribution in [3.8, 4) is 10.7 Å². The fourth-order valence-electron chi connectivity index (χ4n) is 2.81. The molecule has 7 nitrogen and oxygen atoms in total. The van der Waals surface area contributed by atoms with Gasteiger partial charge in [0.05, 0.1) is 17.5 Å². The molecule has 31 heavy (non-hydrogen) atoms. The molecule has 0 bridgehead atoms. The highest BCUT2D eigenvalue weighted by Crippen LogP contribution is 2.23. The number of H-pyrrole nitrogens is 1. The predicted molar refractivity (Wildman–Crippen MR) is 104 cm³/mol. The van der Waals surface area contributed by atoms with Gasteiger partial charge in [0.1, 0.15) is 28.2 Å². The average molecular weight is 443 g/mol. The van der Waals surface area contributed by atoms with Crippen molar-refractivity contribution >= 4 is 22.9 Å². The van der Waals surface area contributed by atoms with Crippen LogP contribution in [-0.2, 0) is 6.42 Å². The van der Waals surface area contributed by atoms with Gasteiger partial charge >= 0.3 is 0 Å². The number of nitrogens with one attached hydrogen (secondary N) is 1. The second-order valence-corrected chi connectivity index (χ2v) is 7.45. The van der Waals surface area contributed by atoms with Gasteiger partial charge < -0.3 is 4.98 Å². The molecule has 3 aromatic heterocycles. The maximum Gasteiger partial charge on any atom is 0.200 e. The van der Waals surface area contributed by atoms with Gasteiger partial charge in [-0.3, -0.25) is 19.6 Å². The SMILES string of the molecule is O=C(CCc1nnc(-c2cnccn2)s1)c1cc(C(=O)c2c(F)cc(F)cc2F)c[nH]1. The van der Waals surface area contributed by atoms with E-state index >= 15 is 0 Å². The van der Waals surface area contributed by atoms with E-state index in [2.05, 4.69) is 25.1 Å². The van der Waals surface area contributed by atoms with E-state index in [9.17, 15) is 22.8 Å². The maximum atomic E-state index is 13.8. The molecule has 0 spiro atoms. The molecule has 3 heterocycles. The fourth-order valence-corrected chi connectivity index (χ4v) is 3.61. The first-order valence-corrected chi connectivity index (χ1v) is 9.73. The molecule has 0 aliphatic heterocycles. The third kappa shape index (κ3) is 4.40. The lowest BCUT2D eigenvalue weighted by Crippen LogP contribution is -2.07. The largest absolute Gasteiger partial charge is 0.358 e. The Hall–Kier alpha value is -3.73. The molecule has 1 N–H and O–H groups in total. The molecule has 0 aliphatic carbocycles. The van der Waals surface area contributed by atoms with Crippen LogP contribution in [0.4, 0.5) is 13.2 Å². The van der Waals surface area contributed by atoms with E-state index in [0.29, 0.717) is 34.3 Å². The number of aromatic nitrogens is 5. The van der Waals surface area contributed by atoms with E-state index in [4.69, 9.17) is 0 Å². The molecule has 1 aromatic carbocycles. The van der Waals surface area contributed by atoms with Crippen LogP contribution in [0.3, 0.4) is 0 Å². The minimum Gasteiger partial charge on any atom is -0.358 e. The van der Waals surface area contributed by atoms with Crippen molar-refractivity contribution in [1.82, 2.24) is 25.1 Å². The van der Waals surface area contributed by atoms with Crippen LogP contribution in [0.15, 0.2) is 43.0 Å². The summed E-state index contributed by atoms with van der Waals surface area (Å²) >= 11 is 1.28. The first-order valence-electron chi connectivity index (χ1n) is 8.92. The average Bonchev–Trinajstić information content (AvgIpc) is 3.42. The second-order valence-electron chi connectivity index (χ2n) is 6.39. The van der Waals surface area contributed by atoms with Crippen molar-refractivity contribution < 1.29 is 22.8 Å². The Kier molecular flexibility index (Phi) is 5.67. The zero-order valence-electron chi connectivity index (χ0n) is 15.6. The number of aromatic amines is 1. The van der Waals surface area contributed by atoms with Crippen molar-refractivity contribution in [2.45, 2.75) is 12.8 Å². The topological polar surface area (TPSA) is 101 Å². The quantitative estimate of drug-likeness (QED) is 0.436. The van der Waals surface area contributed by atoms with Gasteiger partial charge in [0.2, 0.25) is 0 Å². The number of halogens is 3. The summed E-state index contributed by atoms with van der Waals surface area (Å²) in [5.74, 6) is -5.08. The molecular weight excluding hydrogens is 431 g/mol. The smallest absolute Gasteiger partial charge is 0.200 e. The third-order valence-corrected chi connectivity index (χ3v) is 5.30. The van der Waals surface area contributed by atoms with Crippen molar-refractivity contribution in [3.05, 3.63) is 82.3 Å². The first kappa shape index (κ1) is 20.5. The minimum atomic E-state index is -1.31. The van der Waals surface area contributed by atoms with Crippen LogP contribution in [0.25, 0.3) is 10.7 Å². The molecule has 11 heteroatoms. The molecule has 4 aromatic rings. The van der Waals surface area contributed by atoms with Gasteiger partial charge in [-0.15, -0.1) is 10.2 Å². The van der Waals surface area contributed by atoms with Crippen molar-refractivity contribution in [2.75, 3.05) is 0 Å². The number of aryl methyl sites for hydroxylation is 1. The van der Waals surface area contributed by atoms with Gasteiger partial charge in [-0.05, 0) is 6.07 Å². The highest BCUT2D eigenvalue weighted by Gasteiger charge is 2.22. The number of benzene rings is 1. The van der Waals surface area contributed by atoms with Crippen molar-refractivity contribution in [2.24, 2.45) is 0 Å². The highest BCUT2D eigenvalue weighted by molar-refractivity contribution is 7.14. The Balaban J connectivity index is 1.43. The van der Waals surface area contributed by atoms with E-state index in [-0.39, 0.29) is 23.5 Å². The molecule has 0 amide bonds. The number of carbonyl (C=O) groups is 2. The lowest BCUT2D eigenvalue weighted by atomic mass is 10.0. The standard InChI is InChI=1S/C20H12F3N5O2S/c21-11-6-12(22)18(13(23)7-11)19(30)10-5-14(26-8-10)16(29)1-2-17-27-28-20(31-17)15-9-24-3-4-25-15/h3-9,26H,1-2H2. The Labute approximate surface area is 177 Å². The van der Waals surface area contributed by atoms with Gasteiger partial charge in [0.25, 0.3) is 0 Å². The van der Waals surface area contributed by atoms with Crippen LogP contribution in [-0.4, -0.2) is 36.7 Å². The molecule has 0 radical (unpaired) electrons. The van der Waals surface area contributed by atoms with E-state index in [0.717, 1.165) is 0 Å². The number of carbonyl (C=O) groups excluding carboxylic acids is 2. The Morgan fingerprint density at radius 3 is 2.52 bits per heavy atom. The zero-order valence-corrected chi connectivity index (χ0v) is 16.4. The normalized spacial score (nSPS) is 10.9. The molecule has 0 fully saturated rings. The van der Waals surface area contributed by atoms with Gasteiger partial charge in [-0.25, -0.2) is 13.2 Å². The van der Waals surface area contributed by atoms with E-state index < -0.39 is 28.8 Å². The summed E-state index contributed by atoms with van der Waals surface area (Å²) in [5.41, 5.74) is -0.325. The highest BCUT2D eigenvalue weighted by atomic mass is 32.1. The molecule has 0 unspecified atom stereocenters. The number of nitrogens with zero attached hydrogens (tertiary/aromatic N) is 4. The Morgan fingerprint density at radius 1 is 1.03 bits per heavy atom. The Bertz CT molecular complexity index is 1250. The number of Topliss-reactive ketones (excluding diaryl/α,β-unsaturated/α-hetero) is 1. The number of hydrogen-bond donors (Lipinski definition) is 1. The maximum absolute atomic E-state index is 13.8.